The van der Waals surface area contributed by atoms with Gasteiger partial charge in [-0.05, 0) is 53.2 Å². The highest BCUT2D eigenvalue weighted by molar-refractivity contribution is 8.18. The zero-order valence-electron chi connectivity index (χ0n) is 17.1. The van der Waals surface area contributed by atoms with Gasteiger partial charge in [-0.3, -0.25) is 19.3 Å². The summed E-state index contributed by atoms with van der Waals surface area (Å²) in [6, 6.07) is 26.0. The van der Waals surface area contributed by atoms with Crippen LogP contribution in [0.5, 0.6) is 11.5 Å². The van der Waals surface area contributed by atoms with Gasteiger partial charge in [-0.1, -0.05) is 60.7 Å². The van der Waals surface area contributed by atoms with Crippen molar-refractivity contribution in [3.8, 4) is 11.5 Å². The van der Waals surface area contributed by atoms with Crippen LogP contribution in [0.4, 0.5) is 4.79 Å². The third kappa shape index (κ3) is 5.44. The molecule has 7 heteroatoms. The summed E-state index contributed by atoms with van der Waals surface area (Å²) in [6.45, 7) is 0.0198. The second-order valence-electron chi connectivity index (χ2n) is 7.02. The average molecular weight is 445 g/mol. The lowest BCUT2D eigenvalue weighted by Gasteiger charge is -2.12. The van der Waals surface area contributed by atoms with Crippen molar-refractivity contribution in [2.75, 3.05) is 6.54 Å². The minimum atomic E-state index is -0.482. The van der Waals surface area contributed by atoms with Gasteiger partial charge in [0.2, 0.25) is 5.91 Å². The molecule has 0 bridgehead atoms. The van der Waals surface area contributed by atoms with E-state index in [0.717, 1.165) is 27.8 Å². The molecular weight excluding hydrogens is 424 g/mol. The van der Waals surface area contributed by atoms with Crippen LogP contribution >= 0.6 is 11.8 Å². The molecule has 160 valence electrons. The largest absolute Gasteiger partial charge is 0.457 e. The van der Waals surface area contributed by atoms with Gasteiger partial charge in [0.15, 0.2) is 0 Å². The first kappa shape index (κ1) is 21.4. The van der Waals surface area contributed by atoms with Crippen molar-refractivity contribution in [2.24, 2.45) is 0 Å². The Kier molecular flexibility index (Phi) is 6.67. The molecule has 1 fully saturated rings. The Morgan fingerprint density at radius 2 is 1.59 bits per heavy atom. The van der Waals surface area contributed by atoms with Crippen molar-refractivity contribution in [3.63, 3.8) is 0 Å². The average Bonchev–Trinajstić information content (AvgIpc) is 3.06. The molecule has 6 nitrogen and oxygen atoms in total. The third-order valence-corrected chi connectivity index (χ3v) is 5.55. The normalized spacial score (nSPS) is 14.6. The molecule has 1 saturated heterocycles. The van der Waals surface area contributed by atoms with E-state index in [2.05, 4.69) is 5.32 Å². The van der Waals surface area contributed by atoms with Crippen molar-refractivity contribution >= 4 is 34.9 Å². The zero-order valence-corrected chi connectivity index (χ0v) is 17.9. The molecule has 3 amide bonds. The first-order chi connectivity index (χ1) is 15.6. The van der Waals surface area contributed by atoms with Crippen LogP contribution in [0.3, 0.4) is 0 Å². The molecule has 32 heavy (non-hydrogen) atoms. The molecule has 0 unspecified atom stereocenters. The molecule has 0 spiro atoms. The highest BCUT2D eigenvalue weighted by atomic mass is 32.2. The topological polar surface area (TPSA) is 75.7 Å². The lowest BCUT2D eigenvalue weighted by molar-refractivity contribution is -0.129. The summed E-state index contributed by atoms with van der Waals surface area (Å²) in [4.78, 5) is 38.5. The maximum Gasteiger partial charge on any atom is 0.294 e. The lowest BCUT2D eigenvalue weighted by Crippen LogP contribution is -2.39. The van der Waals surface area contributed by atoms with Gasteiger partial charge in [-0.15, -0.1) is 0 Å². The first-order valence-electron chi connectivity index (χ1n) is 9.97. The number of nitrogens with one attached hydrogen (secondary N) is 1. The molecule has 0 radical (unpaired) electrons. The number of benzene rings is 3. The highest BCUT2D eigenvalue weighted by Crippen LogP contribution is 2.32. The van der Waals surface area contributed by atoms with Gasteiger partial charge >= 0.3 is 0 Å². The minimum Gasteiger partial charge on any atom is -0.457 e. The standard InChI is InChI=1S/C25H20N2O4S/c28-23(26-16-18-8-3-1-4-9-18)17-27-24(29)22(32-25(27)30)15-19-10-7-13-21(14-19)31-20-11-5-2-6-12-20/h1-15H,16-17H2,(H,26,28)/b22-15-. The van der Waals surface area contributed by atoms with Gasteiger partial charge in [0.05, 0.1) is 4.91 Å². The van der Waals surface area contributed by atoms with E-state index in [4.69, 9.17) is 4.74 Å². The number of hydrogen-bond donors (Lipinski definition) is 1. The predicted molar refractivity (Wildman–Crippen MR) is 124 cm³/mol. The fourth-order valence-electron chi connectivity index (χ4n) is 3.08. The van der Waals surface area contributed by atoms with Crippen LogP contribution in [-0.4, -0.2) is 28.5 Å². The smallest absolute Gasteiger partial charge is 0.294 e. The molecule has 1 N–H and O–H groups in total. The highest BCUT2D eigenvalue weighted by Gasteiger charge is 2.36. The number of nitrogens with zero attached hydrogens (tertiary/aromatic N) is 1. The van der Waals surface area contributed by atoms with Crippen LogP contribution in [-0.2, 0) is 16.1 Å². The lowest BCUT2D eigenvalue weighted by atomic mass is 10.2. The Morgan fingerprint density at radius 3 is 2.34 bits per heavy atom. The summed E-state index contributed by atoms with van der Waals surface area (Å²) in [6.07, 6.45) is 1.63. The van der Waals surface area contributed by atoms with Crippen LogP contribution in [0.15, 0.2) is 89.8 Å². The van der Waals surface area contributed by atoms with E-state index in [1.54, 1.807) is 12.1 Å². The summed E-state index contributed by atoms with van der Waals surface area (Å²) in [5.74, 6) is 0.441. The van der Waals surface area contributed by atoms with Crippen LogP contribution in [0.1, 0.15) is 11.1 Å². The molecule has 3 aromatic rings. The zero-order chi connectivity index (χ0) is 22.3. The van der Waals surface area contributed by atoms with Crippen LogP contribution < -0.4 is 10.1 Å². The summed E-state index contributed by atoms with van der Waals surface area (Å²) in [7, 11) is 0. The molecule has 1 aliphatic heterocycles. The Morgan fingerprint density at radius 1 is 0.906 bits per heavy atom. The van der Waals surface area contributed by atoms with E-state index in [0.29, 0.717) is 18.0 Å². The minimum absolute atomic E-state index is 0.266. The van der Waals surface area contributed by atoms with E-state index >= 15 is 0 Å². The van der Waals surface area contributed by atoms with E-state index in [-0.39, 0.29) is 11.4 Å². The van der Waals surface area contributed by atoms with Gasteiger partial charge < -0.3 is 10.1 Å². The number of rotatable bonds is 7. The molecule has 0 atom stereocenters. The molecule has 1 aliphatic rings. The van der Waals surface area contributed by atoms with Crippen molar-refractivity contribution in [2.45, 2.75) is 6.54 Å². The molecule has 0 aliphatic carbocycles. The second-order valence-corrected chi connectivity index (χ2v) is 8.01. The number of carbonyl (C=O) groups is 3. The number of thioether (sulfide) groups is 1. The fraction of sp³-hybridized carbons (Fsp3) is 0.0800. The molecule has 3 aromatic carbocycles. The number of ether oxygens (including phenoxy) is 1. The van der Waals surface area contributed by atoms with Crippen LogP contribution in [0.25, 0.3) is 6.08 Å². The fourth-order valence-corrected chi connectivity index (χ4v) is 3.91. The summed E-state index contributed by atoms with van der Waals surface area (Å²) in [5, 5.41) is 2.27. The molecule has 0 aromatic heterocycles. The predicted octanol–water partition coefficient (Wildman–Crippen LogP) is 4.83. The van der Waals surface area contributed by atoms with E-state index in [9.17, 15) is 14.4 Å². The number of para-hydroxylation sites is 1. The van der Waals surface area contributed by atoms with E-state index < -0.39 is 17.1 Å². The van der Waals surface area contributed by atoms with E-state index in [1.165, 1.54) is 0 Å². The SMILES string of the molecule is O=C(CN1C(=O)S/C(=C\c2cccc(Oc3ccccc3)c2)C1=O)NCc1ccccc1. The summed E-state index contributed by atoms with van der Waals surface area (Å²) >= 11 is 0.821. The monoisotopic (exact) mass is 444 g/mol. The van der Waals surface area contributed by atoms with Crippen molar-refractivity contribution in [1.82, 2.24) is 10.2 Å². The third-order valence-electron chi connectivity index (χ3n) is 4.64. The van der Waals surface area contributed by atoms with Gasteiger partial charge in [0.1, 0.15) is 18.0 Å². The Bertz CT molecular complexity index is 1160. The van der Waals surface area contributed by atoms with Gasteiger partial charge in [0.25, 0.3) is 11.1 Å². The maximum absolute atomic E-state index is 12.7. The van der Waals surface area contributed by atoms with Gasteiger partial charge in [-0.25, -0.2) is 0 Å². The quantitative estimate of drug-likeness (QED) is 0.528. The molecule has 0 saturated carbocycles. The van der Waals surface area contributed by atoms with Crippen molar-refractivity contribution in [3.05, 3.63) is 101 Å². The molecule has 1 heterocycles. The Labute approximate surface area is 189 Å². The van der Waals surface area contributed by atoms with Crippen LogP contribution in [0.2, 0.25) is 0 Å². The van der Waals surface area contributed by atoms with Crippen LogP contribution in [0, 0.1) is 0 Å². The first-order valence-corrected chi connectivity index (χ1v) is 10.8. The maximum atomic E-state index is 12.7. The van der Waals surface area contributed by atoms with Gasteiger partial charge in [0, 0.05) is 6.54 Å². The second kappa shape index (κ2) is 9.98. The van der Waals surface area contributed by atoms with Crippen molar-refractivity contribution < 1.29 is 19.1 Å². The number of imide groups is 1. The summed E-state index contributed by atoms with van der Waals surface area (Å²) < 4.78 is 5.82. The molecular formula is C25H20N2O4S. The Hall–Kier alpha value is -3.84. The summed E-state index contributed by atoms with van der Waals surface area (Å²) in [5.41, 5.74) is 1.66. The number of hydrogen-bond acceptors (Lipinski definition) is 5. The Balaban J connectivity index is 1.40. The number of amides is 3. The van der Waals surface area contributed by atoms with E-state index in [1.807, 2.05) is 78.9 Å². The number of carbonyl (C=O) groups excluding carboxylic acids is 3. The van der Waals surface area contributed by atoms with Crippen molar-refractivity contribution in [1.29, 1.82) is 0 Å². The van der Waals surface area contributed by atoms with Gasteiger partial charge in [-0.2, -0.15) is 0 Å². The molecule has 4 rings (SSSR count).